The molecule has 1 fully saturated rings. The fourth-order valence-corrected chi connectivity index (χ4v) is 3.86. The van der Waals surface area contributed by atoms with E-state index >= 15 is 0 Å². The van der Waals surface area contributed by atoms with Gasteiger partial charge in [-0.3, -0.25) is 4.90 Å². The summed E-state index contributed by atoms with van der Waals surface area (Å²) in [6, 6.07) is 10.4. The van der Waals surface area contributed by atoms with E-state index in [1.165, 1.54) is 45.2 Å². The van der Waals surface area contributed by atoms with E-state index < -0.39 is 0 Å². The normalized spacial score (nSPS) is 27.7. The van der Waals surface area contributed by atoms with Crippen LogP contribution in [0.15, 0.2) is 24.3 Å². The molecule has 0 bridgehead atoms. The first-order valence-electron chi connectivity index (χ1n) is 7.74. The molecule has 0 aromatic heterocycles. The minimum absolute atomic E-state index is 0.638. The van der Waals surface area contributed by atoms with Gasteiger partial charge in [-0.1, -0.05) is 24.3 Å². The average molecular weight is 258 g/mol. The number of benzene rings is 1. The molecule has 2 aliphatic rings. The second kappa shape index (κ2) is 5.64. The van der Waals surface area contributed by atoms with Gasteiger partial charge in [0.25, 0.3) is 0 Å². The van der Waals surface area contributed by atoms with E-state index in [4.69, 9.17) is 0 Å². The van der Waals surface area contributed by atoms with Crippen molar-refractivity contribution in [3.8, 4) is 0 Å². The number of likely N-dealkylation sites (tertiary alicyclic amines) is 1. The monoisotopic (exact) mass is 258 g/mol. The largest absolute Gasteiger partial charge is 0.302 e. The standard InChI is InChI=1S/C17H26N2/c1-18-12-6-9-15(18)13-19(2)17-11-5-8-14-7-3-4-10-16(14)17/h3-4,7,10,15,17H,5-6,8-9,11-13H2,1-2H3/t15-,17+/m0/s1. The molecule has 3 rings (SSSR count). The first-order valence-corrected chi connectivity index (χ1v) is 7.74. The maximum atomic E-state index is 2.60. The van der Waals surface area contributed by atoms with Crippen LogP contribution in [0.2, 0.25) is 0 Å². The van der Waals surface area contributed by atoms with Gasteiger partial charge in [0.2, 0.25) is 0 Å². The molecule has 0 saturated carbocycles. The Balaban J connectivity index is 1.72. The molecule has 1 heterocycles. The van der Waals surface area contributed by atoms with Crippen LogP contribution in [0.5, 0.6) is 0 Å². The maximum Gasteiger partial charge on any atom is 0.0348 e. The van der Waals surface area contributed by atoms with Crippen LogP contribution in [0.3, 0.4) is 0 Å². The van der Waals surface area contributed by atoms with Crippen LogP contribution in [0, 0.1) is 0 Å². The van der Waals surface area contributed by atoms with E-state index in [0.29, 0.717) is 6.04 Å². The fourth-order valence-electron chi connectivity index (χ4n) is 3.86. The molecule has 2 atom stereocenters. The Bertz CT molecular complexity index is 429. The van der Waals surface area contributed by atoms with Gasteiger partial charge in [-0.05, 0) is 63.9 Å². The molecule has 0 radical (unpaired) electrons. The number of hydrogen-bond acceptors (Lipinski definition) is 2. The number of nitrogens with zero attached hydrogens (tertiary/aromatic N) is 2. The second-order valence-electron chi connectivity index (χ2n) is 6.32. The van der Waals surface area contributed by atoms with Crippen molar-refractivity contribution in [1.29, 1.82) is 0 Å². The lowest BCUT2D eigenvalue weighted by Crippen LogP contribution is -2.39. The lowest BCUT2D eigenvalue weighted by atomic mass is 9.87. The molecule has 1 aromatic rings. The first kappa shape index (κ1) is 13.1. The molecule has 2 nitrogen and oxygen atoms in total. The highest BCUT2D eigenvalue weighted by molar-refractivity contribution is 5.32. The van der Waals surface area contributed by atoms with Crippen LogP contribution >= 0.6 is 0 Å². The molecule has 0 spiro atoms. The summed E-state index contributed by atoms with van der Waals surface area (Å²) in [5, 5.41) is 0. The van der Waals surface area contributed by atoms with E-state index in [2.05, 4.69) is 48.2 Å². The molecule has 1 aliphatic heterocycles. The topological polar surface area (TPSA) is 6.48 Å². The quantitative estimate of drug-likeness (QED) is 0.822. The smallest absolute Gasteiger partial charge is 0.0348 e. The number of hydrogen-bond donors (Lipinski definition) is 0. The first-order chi connectivity index (χ1) is 9.25. The highest BCUT2D eigenvalue weighted by atomic mass is 15.2. The molecular weight excluding hydrogens is 232 g/mol. The molecule has 19 heavy (non-hydrogen) atoms. The molecule has 0 unspecified atom stereocenters. The van der Waals surface area contributed by atoms with E-state index in [9.17, 15) is 0 Å². The molecule has 104 valence electrons. The van der Waals surface area contributed by atoms with E-state index in [0.717, 1.165) is 6.04 Å². The predicted octanol–water partition coefficient (Wildman–Crippen LogP) is 3.09. The summed E-state index contributed by atoms with van der Waals surface area (Å²) in [7, 11) is 4.60. The Labute approximate surface area is 117 Å². The van der Waals surface area contributed by atoms with E-state index in [-0.39, 0.29) is 0 Å². The average Bonchev–Trinajstić information content (AvgIpc) is 2.83. The third-order valence-corrected chi connectivity index (χ3v) is 5.04. The van der Waals surface area contributed by atoms with Crippen molar-refractivity contribution in [2.24, 2.45) is 0 Å². The minimum Gasteiger partial charge on any atom is -0.302 e. The van der Waals surface area contributed by atoms with Crippen LogP contribution < -0.4 is 0 Å². The summed E-state index contributed by atoms with van der Waals surface area (Å²) in [6.07, 6.45) is 6.67. The lowest BCUT2D eigenvalue weighted by molar-refractivity contribution is 0.164. The molecule has 0 amide bonds. The highest BCUT2D eigenvalue weighted by Gasteiger charge is 2.28. The SMILES string of the molecule is CN1CCC[C@H]1CN(C)[C@@H]1CCCc2ccccc21. The number of fused-ring (bicyclic) bond motifs is 1. The van der Waals surface area contributed by atoms with Crippen molar-refractivity contribution in [3.05, 3.63) is 35.4 Å². The van der Waals surface area contributed by atoms with Gasteiger partial charge in [-0.2, -0.15) is 0 Å². The van der Waals surface area contributed by atoms with Crippen molar-refractivity contribution >= 4 is 0 Å². The molecule has 1 aliphatic carbocycles. The van der Waals surface area contributed by atoms with Gasteiger partial charge in [0.1, 0.15) is 0 Å². The molecule has 1 aromatic carbocycles. The number of aryl methyl sites for hydroxylation is 1. The van der Waals surface area contributed by atoms with Crippen LogP contribution in [-0.2, 0) is 6.42 Å². The van der Waals surface area contributed by atoms with Gasteiger partial charge in [0, 0.05) is 18.6 Å². The van der Waals surface area contributed by atoms with Crippen LogP contribution in [0.25, 0.3) is 0 Å². The number of likely N-dealkylation sites (N-methyl/N-ethyl adjacent to an activating group) is 2. The summed E-state index contributed by atoms with van der Waals surface area (Å²) in [5.41, 5.74) is 3.15. The van der Waals surface area contributed by atoms with Crippen LogP contribution in [-0.4, -0.2) is 43.0 Å². The molecular formula is C17H26N2. The molecule has 0 N–H and O–H groups in total. The number of rotatable bonds is 3. The summed E-state index contributed by atoms with van der Waals surface area (Å²) >= 11 is 0. The van der Waals surface area contributed by atoms with Gasteiger partial charge in [-0.15, -0.1) is 0 Å². The lowest BCUT2D eigenvalue weighted by Gasteiger charge is -2.36. The minimum atomic E-state index is 0.638. The second-order valence-corrected chi connectivity index (χ2v) is 6.32. The Morgan fingerprint density at radius 1 is 1.21 bits per heavy atom. The van der Waals surface area contributed by atoms with Gasteiger partial charge in [0.05, 0.1) is 0 Å². The Hall–Kier alpha value is -0.860. The summed E-state index contributed by atoms with van der Waals surface area (Å²) < 4.78 is 0. The maximum absolute atomic E-state index is 2.60. The van der Waals surface area contributed by atoms with Crippen molar-refractivity contribution in [2.45, 2.75) is 44.2 Å². The van der Waals surface area contributed by atoms with Gasteiger partial charge >= 0.3 is 0 Å². The van der Waals surface area contributed by atoms with Gasteiger partial charge < -0.3 is 4.90 Å². The summed E-state index contributed by atoms with van der Waals surface area (Å²) in [5.74, 6) is 0. The van der Waals surface area contributed by atoms with Crippen molar-refractivity contribution in [2.75, 3.05) is 27.2 Å². The molecule has 2 heteroatoms. The third kappa shape index (κ3) is 2.70. The van der Waals surface area contributed by atoms with Gasteiger partial charge in [0.15, 0.2) is 0 Å². The third-order valence-electron chi connectivity index (χ3n) is 5.04. The zero-order valence-electron chi connectivity index (χ0n) is 12.3. The van der Waals surface area contributed by atoms with Crippen LogP contribution in [0.1, 0.15) is 42.9 Å². The van der Waals surface area contributed by atoms with E-state index in [1.54, 1.807) is 11.1 Å². The Morgan fingerprint density at radius 2 is 2.05 bits per heavy atom. The van der Waals surface area contributed by atoms with Crippen molar-refractivity contribution in [1.82, 2.24) is 9.80 Å². The fraction of sp³-hybridized carbons (Fsp3) is 0.647. The summed E-state index contributed by atoms with van der Waals surface area (Å²) in [4.78, 5) is 5.13. The highest BCUT2D eigenvalue weighted by Crippen LogP contribution is 2.34. The Morgan fingerprint density at radius 3 is 2.84 bits per heavy atom. The van der Waals surface area contributed by atoms with Gasteiger partial charge in [-0.25, -0.2) is 0 Å². The zero-order valence-corrected chi connectivity index (χ0v) is 12.3. The summed E-state index contributed by atoms with van der Waals surface area (Å²) in [6.45, 7) is 2.50. The van der Waals surface area contributed by atoms with Crippen molar-refractivity contribution in [3.63, 3.8) is 0 Å². The van der Waals surface area contributed by atoms with Crippen LogP contribution in [0.4, 0.5) is 0 Å². The molecule has 1 saturated heterocycles. The zero-order chi connectivity index (χ0) is 13.2. The predicted molar refractivity (Wildman–Crippen MR) is 80.4 cm³/mol. The van der Waals surface area contributed by atoms with Crippen molar-refractivity contribution < 1.29 is 0 Å². The van der Waals surface area contributed by atoms with E-state index in [1.807, 2.05) is 0 Å². The Kier molecular flexibility index (Phi) is 3.90.